The van der Waals surface area contributed by atoms with Crippen molar-refractivity contribution in [2.24, 2.45) is 0 Å². The lowest BCUT2D eigenvalue weighted by Gasteiger charge is -2.15. The van der Waals surface area contributed by atoms with Gasteiger partial charge in [0.2, 0.25) is 0 Å². The Bertz CT molecular complexity index is 620. The Morgan fingerprint density at radius 2 is 1.67 bits per heavy atom. The van der Waals surface area contributed by atoms with Gasteiger partial charge in [-0.1, -0.05) is 34.1 Å². The number of methoxy groups -OCH3 is 1. The molecule has 1 unspecified atom stereocenters. The highest BCUT2D eigenvalue weighted by Crippen LogP contribution is 2.36. The Morgan fingerprint density at radius 3 is 2.14 bits per heavy atom. The van der Waals surface area contributed by atoms with Crippen LogP contribution in [0.25, 0.3) is 0 Å². The van der Waals surface area contributed by atoms with Crippen molar-refractivity contribution in [3.63, 3.8) is 0 Å². The summed E-state index contributed by atoms with van der Waals surface area (Å²) in [5.74, 6) is 0.753. The molecule has 2 rings (SSSR count). The van der Waals surface area contributed by atoms with Crippen LogP contribution in [0.2, 0.25) is 0 Å². The van der Waals surface area contributed by atoms with Gasteiger partial charge in [0.25, 0.3) is 0 Å². The quantitative estimate of drug-likeness (QED) is 0.657. The number of ether oxygens (including phenoxy) is 1. The van der Waals surface area contributed by atoms with Crippen molar-refractivity contribution in [1.82, 2.24) is 0 Å². The van der Waals surface area contributed by atoms with Gasteiger partial charge in [-0.25, -0.2) is 0 Å². The molecule has 0 aliphatic rings. The zero-order chi connectivity index (χ0) is 15.6. The standard InChI is InChI=1S/C16H14BrF3O/c1-10-9-13(21-2)7-8-14(10)15(17)11-3-5-12(6-4-11)16(18,19)20/h3-9,15H,1-2H3. The number of rotatable bonds is 3. The van der Waals surface area contributed by atoms with Crippen LogP contribution in [0.1, 0.15) is 27.1 Å². The minimum absolute atomic E-state index is 0.161. The molecule has 0 saturated heterocycles. The van der Waals surface area contributed by atoms with Crippen molar-refractivity contribution in [3.05, 3.63) is 64.7 Å². The fourth-order valence-corrected chi connectivity index (χ4v) is 2.90. The predicted octanol–water partition coefficient (Wildman–Crippen LogP) is 5.51. The molecule has 2 aromatic carbocycles. The minimum atomic E-state index is -4.31. The number of benzene rings is 2. The van der Waals surface area contributed by atoms with Crippen molar-refractivity contribution >= 4 is 15.9 Å². The summed E-state index contributed by atoms with van der Waals surface area (Å²) in [6.45, 7) is 1.94. The zero-order valence-electron chi connectivity index (χ0n) is 11.5. The number of hydrogen-bond acceptors (Lipinski definition) is 1. The average Bonchev–Trinajstić information content (AvgIpc) is 2.45. The number of halogens is 4. The lowest BCUT2D eigenvalue weighted by atomic mass is 9.99. The fraction of sp³-hybridized carbons (Fsp3) is 0.250. The lowest BCUT2D eigenvalue weighted by Crippen LogP contribution is -2.05. The van der Waals surface area contributed by atoms with E-state index in [0.29, 0.717) is 0 Å². The first-order valence-corrected chi connectivity index (χ1v) is 7.20. The Hall–Kier alpha value is -1.49. The normalized spacial score (nSPS) is 13.0. The van der Waals surface area contributed by atoms with Gasteiger partial charge in [0, 0.05) is 0 Å². The number of aryl methyl sites for hydroxylation is 1. The summed E-state index contributed by atoms with van der Waals surface area (Å²) in [5.41, 5.74) is 2.14. The molecule has 1 atom stereocenters. The molecule has 0 bridgehead atoms. The van der Waals surface area contributed by atoms with E-state index in [9.17, 15) is 13.2 Å². The zero-order valence-corrected chi connectivity index (χ0v) is 13.1. The largest absolute Gasteiger partial charge is 0.497 e. The topological polar surface area (TPSA) is 9.23 Å². The second-order valence-corrected chi connectivity index (χ2v) is 5.62. The van der Waals surface area contributed by atoms with Gasteiger partial charge in [0.15, 0.2) is 0 Å². The van der Waals surface area contributed by atoms with Crippen LogP contribution in [0.5, 0.6) is 5.75 Å². The van der Waals surface area contributed by atoms with E-state index in [1.54, 1.807) is 7.11 Å². The van der Waals surface area contributed by atoms with Crippen molar-refractivity contribution in [1.29, 1.82) is 0 Å². The third kappa shape index (κ3) is 3.59. The highest BCUT2D eigenvalue weighted by atomic mass is 79.9. The van der Waals surface area contributed by atoms with Gasteiger partial charge in [-0.3, -0.25) is 0 Å². The molecule has 2 aromatic rings. The number of alkyl halides is 4. The highest BCUT2D eigenvalue weighted by Gasteiger charge is 2.30. The van der Waals surface area contributed by atoms with Crippen LogP contribution >= 0.6 is 15.9 Å². The van der Waals surface area contributed by atoms with E-state index in [1.165, 1.54) is 12.1 Å². The monoisotopic (exact) mass is 358 g/mol. The van der Waals surface area contributed by atoms with Crippen LogP contribution in [-0.2, 0) is 6.18 Å². The minimum Gasteiger partial charge on any atom is -0.497 e. The number of hydrogen-bond donors (Lipinski definition) is 0. The maximum Gasteiger partial charge on any atom is 0.416 e. The molecule has 0 spiro atoms. The van der Waals surface area contributed by atoms with Gasteiger partial charge in [-0.05, 0) is 47.9 Å². The van der Waals surface area contributed by atoms with Gasteiger partial charge >= 0.3 is 6.18 Å². The van der Waals surface area contributed by atoms with E-state index in [4.69, 9.17) is 4.74 Å². The average molecular weight is 359 g/mol. The predicted molar refractivity (Wildman–Crippen MR) is 79.9 cm³/mol. The molecule has 1 nitrogen and oxygen atoms in total. The van der Waals surface area contributed by atoms with Crippen molar-refractivity contribution in [2.45, 2.75) is 17.9 Å². The molecule has 0 aliphatic carbocycles. The van der Waals surface area contributed by atoms with Crippen molar-refractivity contribution < 1.29 is 17.9 Å². The van der Waals surface area contributed by atoms with E-state index in [0.717, 1.165) is 34.6 Å². The summed E-state index contributed by atoms with van der Waals surface area (Å²) < 4.78 is 42.8. The Balaban J connectivity index is 2.30. The first kappa shape index (κ1) is 15.9. The molecule has 0 saturated carbocycles. The van der Waals surface area contributed by atoms with E-state index in [1.807, 2.05) is 25.1 Å². The van der Waals surface area contributed by atoms with E-state index in [2.05, 4.69) is 15.9 Å². The molecule has 0 aliphatic heterocycles. The maximum absolute atomic E-state index is 12.6. The van der Waals surface area contributed by atoms with E-state index < -0.39 is 11.7 Å². The van der Waals surface area contributed by atoms with Gasteiger partial charge in [-0.2, -0.15) is 13.2 Å². The molecule has 0 radical (unpaired) electrons. The molecule has 0 aromatic heterocycles. The van der Waals surface area contributed by atoms with Crippen LogP contribution in [0.15, 0.2) is 42.5 Å². The summed E-state index contributed by atoms with van der Waals surface area (Å²) in [7, 11) is 1.59. The van der Waals surface area contributed by atoms with Crippen LogP contribution in [0.4, 0.5) is 13.2 Å². The van der Waals surface area contributed by atoms with E-state index >= 15 is 0 Å². The highest BCUT2D eigenvalue weighted by molar-refractivity contribution is 9.09. The van der Waals surface area contributed by atoms with Crippen LogP contribution in [-0.4, -0.2) is 7.11 Å². The molecule has 0 heterocycles. The SMILES string of the molecule is COc1ccc(C(Br)c2ccc(C(F)(F)F)cc2)c(C)c1. The maximum atomic E-state index is 12.6. The Morgan fingerprint density at radius 1 is 1.05 bits per heavy atom. The molecule has 0 amide bonds. The molecule has 21 heavy (non-hydrogen) atoms. The third-order valence-corrected chi connectivity index (χ3v) is 4.30. The smallest absolute Gasteiger partial charge is 0.416 e. The summed E-state index contributed by atoms with van der Waals surface area (Å²) in [5, 5.41) is 0. The van der Waals surface area contributed by atoms with Crippen LogP contribution < -0.4 is 4.74 Å². The Kier molecular flexibility index (Phi) is 4.61. The molecular formula is C16H14BrF3O. The van der Waals surface area contributed by atoms with Gasteiger partial charge in [0.05, 0.1) is 17.5 Å². The fourth-order valence-electron chi connectivity index (χ4n) is 2.08. The molecule has 0 N–H and O–H groups in total. The second-order valence-electron chi connectivity index (χ2n) is 4.70. The van der Waals surface area contributed by atoms with E-state index in [-0.39, 0.29) is 4.83 Å². The molecule has 5 heteroatoms. The van der Waals surface area contributed by atoms with Gasteiger partial charge in [0.1, 0.15) is 5.75 Å². The van der Waals surface area contributed by atoms with Crippen LogP contribution in [0.3, 0.4) is 0 Å². The van der Waals surface area contributed by atoms with Crippen LogP contribution in [0, 0.1) is 6.92 Å². The summed E-state index contributed by atoms with van der Waals surface area (Å²) in [6, 6.07) is 10.8. The lowest BCUT2D eigenvalue weighted by molar-refractivity contribution is -0.137. The summed E-state index contributed by atoms with van der Waals surface area (Å²) >= 11 is 3.54. The molecular weight excluding hydrogens is 345 g/mol. The first-order valence-electron chi connectivity index (χ1n) is 6.28. The van der Waals surface area contributed by atoms with Gasteiger partial charge < -0.3 is 4.74 Å². The summed E-state index contributed by atoms with van der Waals surface area (Å²) in [4.78, 5) is -0.161. The summed E-state index contributed by atoms with van der Waals surface area (Å²) in [6.07, 6.45) is -4.31. The van der Waals surface area contributed by atoms with Gasteiger partial charge in [-0.15, -0.1) is 0 Å². The first-order chi connectivity index (χ1) is 9.82. The second kappa shape index (κ2) is 6.10. The van der Waals surface area contributed by atoms with Crippen molar-refractivity contribution in [2.75, 3.05) is 7.11 Å². The Labute approximate surface area is 129 Å². The molecule has 112 valence electrons. The van der Waals surface area contributed by atoms with Crippen molar-refractivity contribution in [3.8, 4) is 5.75 Å². The third-order valence-electron chi connectivity index (χ3n) is 3.28. The molecule has 0 fully saturated rings.